The minimum Gasteiger partial charge on any atom is -0.507 e. The molecule has 0 radical (unpaired) electrons. The first-order valence-corrected chi connectivity index (χ1v) is 12.9. The van der Waals surface area contributed by atoms with Gasteiger partial charge in [0.25, 0.3) is 0 Å². The van der Waals surface area contributed by atoms with Gasteiger partial charge in [0.05, 0.1) is 5.69 Å². The number of aromatic nitrogens is 3. The first kappa shape index (κ1) is 25.1. The Morgan fingerprint density at radius 2 is 1.74 bits per heavy atom. The fraction of sp³-hybridized carbons (Fsp3) is 0.292. The lowest BCUT2D eigenvalue weighted by molar-refractivity contribution is 0.387. The molecule has 0 unspecified atom stereocenters. The highest BCUT2D eigenvalue weighted by atomic mass is 35.5. The van der Waals surface area contributed by atoms with Crippen LogP contribution >= 0.6 is 11.6 Å². The van der Waals surface area contributed by atoms with Gasteiger partial charge >= 0.3 is 0 Å². The molecule has 3 heterocycles. The third-order valence-electron chi connectivity index (χ3n) is 5.56. The van der Waals surface area contributed by atoms with Crippen LogP contribution in [-0.2, 0) is 16.6 Å². The van der Waals surface area contributed by atoms with Gasteiger partial charge in [-0.15, -0.1) is 0 Å². The van der Waals surface area contributed by atoms with Crippen LogP contribution in [0.15, 0.2) is 54.3 Å². The molecule has 11 heteroatoms. The maximum absolute atomic E-state index is 12.7. The highest BCUT2D eigenvalue weighted by Crippen LogP contribution is 2.24. The van der Waals surface area contributed by atoms with Gasteiger partial charge in [-0.25, -0.2) is 18.4 Å². The molecule has 0 aliphatic carbocycles. The van der Waals surface area contributed by atoms with Crippen molar-refractivity contribution in [3.63, 3.8) is 0 Å². The summed E-state index contributed by atoms with van der Waals surface area (Å²) >= 11 is 5.83. The van der Waals surface area contributed by atoms with Crippen molar-refractivity contribution in [1.82, 2.24) is 24.2 Å². The second kappa shape index (κ2) is 10.7. The van der Waals surface area contributed by atoms with Gasteiger partial charge in [-0.3, -0.25) is 4.98 Å². The smallest absolute Gasteiger partial charge is 0.236 e. The summed E-state index contributed by atoms with van der Waals surface area (Å²) in [5.74, 6) is 0.491. The molecule has 9 nitrogen and oxygen atoms in total. The standard InChI is InChI=1S/C24H27ClN6O3S/c1-29(2)17-22-13-19(5-7-26-22)20-15-27-24(28-16-20)30-8-10-31(11-9-30)35(33,34)12-6-18-3-4-21(25)14-23(18)32/h3-7,12-16,32H,8-11,17H2,1-2H3. The molecule has 0 saturated carbocycles. The molecule has 4 rings (SSSR count). The van der Waals surface area contributed by atoms with Crippen molar-refractivity contribution in [3.05, 3.63) is 70.6 Å². The summed E-state index contributed by atoms with van der Waals surface area (Å²) in [6, 6.07) is 8.49. The van der Waals surface area contributed by atoms with Crippen LogP contribution in [-0.4, -0.2) is 78.0 Å². The monoisotopic (exact) mass is 514 g/mol. The summed E-state index contributed by atoms with van der Waals surface area (Å²) in [7, 11) is 0.358. The van der Waals surface area contributed by atoms with Crippen LogP contribution in [0.2, 0.25) is 5.02 Å². The van der Waals surface area contributed by atoms with Crippen molar-refractivity contribution in [3.8, 4) is 16.9 Å². The van der Waals surface area contributed by atoms with E-state index in [1.165, 1.54) is 16.4 Å². The fourth-order valence-corrected chi connectivity index (χ4v) is 5.08. The Balaban J connectivity index is 1.38. The minimum absolute atomic E-state index is 0.0740. The van der Waals surface area contributed by atoms with E-state index in [-0.39, 0.29) is 5.75 Å². The van der Waals surface area contributed by atoms with Gasteiger partial charge in [-0.1, -0.05) is 11.6 Å². The zero-order valence-electron chi connectivity index (χ0n) is 19.5. The number of pyridine rings is 1. The number of benzene rings is 1. The largest absolute Gasteiger partial charge is 0.507 e. The number of halogens is 1. The molecule has 1 aromatic carbocycles. The van der Waals surface area contributed by atoms with E-state index < -0.39 is 10.0 Å². The zero-order chi connectivity index (χ0) is 25.0. The number of nitrogens with zero attached hydrogens (tertiary/aromatic N) is 6. The van der Waals surface area contributed by atoms with Crippen LogP contribution in [0.3, 0.4) is 0 Å². The first-order valence-electron chi connectivity index (χ1n) is 11.0. The Morgan fingerprint density at radius 1 is 1.03 bits per heavy atom. The predicted octanol–water partition coefficient (Wildman–Crippen LogP) is 3.08. The molecule has 0 atom stereocenters. The van der Waals surface area contributed by atoms with Crippen LogP contribution in [0.1, 0.15) is 11.3 Å². The van der Waals surface area contributed by atoms with E-state index in [2.05, 4.69) is 19.9 Å². The summed E-state index contributed by atoms with van der Waals surface area (Å²) in [5, 5.41) is 11.4. The van der Waals surface area contributed by atoms with Gasteiger partial charge in [0.2, 0.25) is 16.0 Å². The Kier molecular flexibility index (Phi) is 7.66. The van der Waals surface area contributed by atoms with E-state index in [4.69, 9.17) is 11.6 Å². The Labute approximate surface area is 210 Å². The minimum atomic E-state index is -3.64. The predicted molar refractivity (Wildman–Crippen MR) is 138 cm³/mol. The number of hydrogen-bond acceptors (Lipinski definition) is 8. The van der Waals surface area contributed by atoms with Crippen molar-refractivity contribution < 1.29 is 13.5 Å². The Hall–Kier alpha value is -3.05. The lowest BCUT2D eigenvalue weighted by atomic mass is 10.1. The van der Waals surface area contributed by atoms with Crippen LogP contribution in [0, 0.1) is 0 Å². The van der Waals surface area contributed by atoms with Crippen molar-refractivity contribution in [2.24, 2.45) is 0 Å². The van der Waals surface area contributed by atoms with Gasteiger partial charge in [-0.05, 0) is 56.1 Å². The summed E-state index contributed by atoms with van der Waals surface area (Å²) in [4.78, 5) is 17.4. The van der Waals surface area contributed by atoms with E-state index in [0.29, 0.717) is 42.7 Å². The number of rotatable bonds is 7. The van der Waals surface area contributed by atoms with E-state index in [9.17, 15) is 13.5 Å². The maximum Gasteiger partial charge on any atom is 0.236 e. The quantitative estimate of drug-likeness (QED) is 0.513. The SMILES string of the molecule is CN(C)Cc1cc(-c2cnc(N3CCN(S(=O)(=O)C=Cc4ccc(Cl)cc4O)CC3)nc2)ccn1. The average Bonchev–Trinajstić information content (AvgIpc) is 2.83. The summed E-state index contributed by atoms with van der Waals surface area (Å²) in [6.07, 6.45) is 6.71. The van der Waals surface area contributed by atoms with Crippen LogP contribution < -0.4 is 4.90 Å². The van der Waals surface area contributed by atoms with Gasteiger partial charge < -0.3 is 14.9 Å². The number of anilines is 1. The number of piperazine rings is 1. The third kappa shape index (κ3) is 6.34. The molecule has 1 N–H and O–H groups in total. The second-order valence-electron chi connectivity index (χ2n) is 8.48. The maximum atomic E-state index is 12.7. The lowest BCUT2D eigenvalue weighted by Gasteiger charge is -2.33. The zero-order valence-corrected chi connectivity index (χ0v) is 21.1. The molecule has 184 valence electrons. The third-order valence-corrected chi connectivity index (χ3v) is 7.36. The fourth-order valence-electron chi connectivity index (χ4n) is 3.75. The van der Waals surface area contributed by atoms with Crippen molar-refractivity contribution in [2.75, 3.05) is 45.2 Å². The van der Waals surface area contributed by atoms with Crippen molar-refractivity contribution in [1.29, 1.82) is 0 Å². The molecule has 0 bridgehead atoms. The molecule has 1 aliphatic heterocycles. The summed E-state index contributed by atoms with van der Waals surface area (Å²) < 4.78 is 26.9. The number of phenolic OH excluding ortho intramolecular Hbond substituents is 1. The summed E-state index contributed by atoms with van der Waals surface area (Å²) in [5.41, 5.74) is 3.24. The number of phenols is 1. The van der Waals surface area contributed by atoms with Crippen LogP contribution in [0.4, 0.5) is 5.95 Å². The second-order valence-corrected chi connectivity index (χ2v) is 10.7. The molecule has 0 spiro atoms. The van der Waals surface area contributed by atoms with E-state index in [1.54, 1.807) is 30.7 Å². The molecule has 1 aliphatic rings. The number of aromatic hydroxyl groups is 1. The Bertz CT molecular complexity index is 1310. The topological polar surface area (TPSA) is 103 Å². The Morgan fingerprint density at radius 3 is 2.40 bits per heavy atom. The average molecular weight is 515 g/mol. The first-order chi connectivity index (χ1) is 16.7. The molecule has 1 saturated heterocycles. The van der Waals surface area contributed by atoms with Crippen molar-refractivity contribution >= 4 is 33.6 Å². The molecule has 3 aromatic rings. The van der Waals surface area contributed by atoms with Crippen LogP contribution in [0.25, 0.3) is 17.2 Å². The van der Waals surface area contributed by atoms with E-state index >= 15 is 0 Å². The molecule has 2 aromatic heterocycles. The van der Waals surface area contributed by atoms with Crippen molar-refractivity contribution in [2.45, 2.75) is 6.54 Å². The molecular weight excluding hydrogens is 488 g/mol. The van der Waals surface area contributed by atoms with E-state index in [1.807, 2.05) is 31.1 Å². The van der Waals surface area contributed by atoms with Gasteiger partial charge in [0, 0.05) is 72.9 Å². The van der Waals surface area contributed by atoms with Gasteiger partial charge in [0.15, 0.2) is 0 Å². The highest BCUT2D eigenvalue weighted by molar-refractivity contribution is 7.92. The highest BCUT2D eigenvalue weighted by Gasteiger charge is 2.26. The normalized spacial score (nSPS) is 15.3. The summed E-state index contributed by atoms with van der Waals surface area (Å²) in [6.45, 7) is 2.31. The molecule has 35 heavy (non-hydrogen) atoms. The van der Waals surface area contributed by atoms with Gasteiger partial charge in [0.1, 0.15) is 5.75 Å². The number of hydrogen-bond donors (Lipinski definition) is 1. The molecular formula is C24H27ClN6O3S. The van der Waals surface area contributed by atoms with Gasteiger partial charge in [-0.2, -0.15) is 4.31 Å². The van der Waals surface area contributed by atoms with E-state index in [0.717, 1.165) is 28.8 Å². The molecule has 1 fully saturated rings. The molecule has 0 amide bonds. The lowest BCUT2D eigenvalue weighted by Crippen LogP contribution is -2.48. The van der Waals surface area contributed by atoms with Crippen LogP contribution in [0.5, 0.6) is 5.75 Å². The number of sulfonamides is 1.